The Morgan fingerprint density at radius 1 is 1.47 bits per heavy atom. The topological polar surface area (TPSA) is 55.5 Å². The number of aliphatic hydroxyl groups is 1. The molecule has 0 fully saturated rings. The maximum atomic E-state index is 13.1. The summed E-state index contributed by atoms with van der Waals surface area (Å²) >= 11 is 0. The SMILES string of the molecule is C[C@@H](N)c1cc(F)ccc1OCCC(C)(C)O. The van der Waals surface area contributed by atoms with Gasteiger partial charge in [-0.05, 0) is 39.0 Å². The molecule has 1 aromatic rings. The van der Waals surface area contributed by atoms with Gasteiger partial charge in [0.25, 0.3) is 0 Å². The zero-order valence-corrected chi connectivity index (χ0v) is 10.5. The van der Waals surface area contributed by atoms with Gasteiger partial charge in [-0.1, -0.05) is 0 Å². The van der Waals surface area contributed by atoms with Crippen molar-refractivity contribution in [1.82, 2.24) is 0 Å². The molecule has 0 heterocycles. The fourth-order valence-electron chi connectivity index (χ4n) is 1.42. The first-order valence-corrected chi connectivity index (χ1v) is 5.70. The number of hydrogen-bond acceptors (Lipinski definition) is 3. The molecule has 0 amide bonds. The van der Waals surface area contributed by atoms with Crippen molar-refractivity contribution in [3.8, 4) is 5.75 Å². The Labute approximate surface area is 101 Å². The number of rotatable bonds is 5. The summed E-state index contributed by atoms with van der Waals surface area (Å²) in [5.74, 6) is 0.248. The second-order valence-electron chi connectivity index (χ2n) is 4.88. The molecular formula is C13H20FNO2. The van der Waals surface area contributed by atoms with Crippen molar-refractivity contribution in [3.63, 3.8) is 0 Å². The minimum absolute atomic E-state index is 0.289. The van der Waals surface area contributed by atoms with E-state index in [1.54, 1.807) is 26.8 Å². The third kappa shape index (κ3) is 4.71. The average Bonchev–Trinajstić information content (AvgIpc) is 2.18. The summed E-state index contributed by atoms with van der Waals surface area (Å²) in [7, 11) is 0. The van der Waals surface area contributed by atoms with Crippen LogP contribution >= 0.6 is 0 Å². The van der Waals surface area contributed by atoms with Crippen LogP contribution in [-0.2, 0) is 0 Å². The van der Waals surface area contributed by atoms with E-state index in [0.29, 0.717) is 24.3 Å². The molecule has 1 rings (SSSR count). The number of nitrogens with two attached hydrogens (primary N) is 1. The summed E-state index contributed by atoms with van der Waals surface area (Å²) in [6.07, 6.45) is 0.503. The minimum atomic E-state index is -0.769. The van der Waals surface area contributed by atoms with Crippen LogP contribution in [0.25, 0.3) is 0 Å². The zero-order chi connectivity index (χ0) is 13.1. The van der Waals surface area contributed by atoms with Gasteiger partial charge in [0.2, 0.25) is 0 Å². The summed E-state index contributed by atoms with van der Waals surface area (Å²) in [4.78, 5) is 0. The van der Waals surface area contributed by atoms with Crippen LogP contribution in [-0.4, -0.2) is 17.3 Å². The number of benzene rings is 1. The third-order valence-corrected chi connectivity index (χ3v) is 2.43. The number of hydrogen-bond donors (Lipinski definition) is 2. The fourth-order valence-corrected chi connectivity index (χ4v) is 1.42. The standard InChI is InChI=1S/C13H20FNO2/c1-9(15)11-8-10(14)4-5-12(11)17-7-6-13(2,3)16/h4-5,8-9,16H,6-7,15H2,1-3H3/t9-/m1/s1. The van der Waals surface area contributed by atoms with Crippen molar-refractivity contribution in [2.24, 2.45) is 5.73 Å². The second-order valence-corrected chi connectivity index (χ2v) is 4.88. The molecule has 0 radical (unpaired) electrons. The molecule has 0 saturated heterocycles. The van der Waals surface area contributed by atoms with E-state index in [4.69, 9.17) is 10.5 Å². The van der Waals surface area contributed by atoms with Crippen LogP contribution in [0.4, 0.5) is 4.39 Å². The maximum absolute atomic E-state index is 13.1. The highest BCUT2D eigenvalue weighted by molar-refractivity contribution is 5.36. The number of halogens is 1. The fraction of sp³-hybridized carbons (Fsp3) is 0.538. The highest BCUT2D eigenvalue weighted by Crippen LogP contribution is 2.25. The molecule has 4 heteroatoms. The Balaban J connectivity index is 2.70. The average molecular weight is 241 g/mol. The largest absolute Gasteiger partial charge is 0.493 e. The lowest BCUT2D eigenvalue weighted by Crippen LogP contribution is -2.22. The highest BCUT2D eigenvalue weighted by Gasteiger charge is 2.14. The highest BCUT2D eigenvalue weighted by atomic mass is 19.1. The summed E-state index contributed by atoms with van der Waals surface area (Å²) < 4.78 is 18.6. The Hall–Kier alpha value is -1.13. The third-order valence-electron chi connectivity index (χ3n) is 2.43. The minimum Gasteiger partial charge on any atom is -0.493 e. The molecule has 96 valence electrons. The molecule has 1 atom stereocenters. The van der Waals surface area contributed by atoms with Gasteiger partial charge in [0.05, 0.1) is 12.2 Å². The first-order valence-electron chi connectivity index (χ1n) is 5.70. The van der Waals surface area contributed by atoms with Crippen LogP contribution in [0.5, 0.6) is 5.75 Å². The van der Waals surface area contributed by atoms with Gasteiger partial charge >= 0.3 is 0 Å². The van der Waals surface area contributed by atoms with Gasteiger partial charge in [0.15, 0.2) is 0 Å². The van der Waals surface area contributed by atoms with E-state index in [9.17, 15) is 9.50 Å². The van der Waals surface area contributed by atoms with Crippen molar-refractivity contribution < 1.29 is 14.2 Å². The normalized spacial score (nSPS) is 13.5. The molecule has 3 nitrogen and oxygen atoms in total. The van der Waals surface area contributed by atoms with E-state index in [0.717, 1.165) is 0 Å². The predicted molar refractivity (Wildman–Crippen MR) is 65.4 cm³/mol. The Morgan fingerprint density at radius 3 is 2.65 bits per heavy atom. The van der Waals surface area contributed by atoms with Crippen LogP contribution < -0.4 is 10.5 Å². The van der Waals surface area contributed by atoms with E-state index >= 15 is 0 Å². The van der Waals surface area contributed by atoms with Gasteiger partial charge < -0.3 is 15.6 Å². The van der Waals surface area contributed by atoms with Gasteiger partial charge in [-0.3, -0.25) is 0 Å². The van der Waals surface area contributed by atoms with Gasteiger partial charge in [-0.15, -0.1) is 0 Å². The lowest BCUT2D eigenvalue weighted by atomic mass is 10.1. The molecule has 17 heavy (non-hydrogen) atoms. The van der Waals surface area contributed by atoms with Crippen molar-refractivity contribution in [2.45, 2.75) is 38.8 Å². The van der Waals surface area contributed by atoms with Crippen molar-refractivity contribution in [1.29, 1.82) is 0 Å². The molecule has 1 aromatic carbocycles. The van der Waals surface area contributed by atoms with Crippen LogP contribution in [0.2, 0.25) is 0 Å². The molecule has 0 aromatic heterocycles. The van der Waals surface area contributed by atoms with Crippen LogP contribution in [0, 0.1) is 5.82 Å². The van der Waals surface area contributed by atoms with Crippen LogP contribution in [0.15, 0.2) is 18.2 Å². The summed E-state index contributed by atoms with van der Waals surface area (Å²) in [6, 6.07) is 4.00. The van der Waals surface area contributed by atoms with E-state index < -0.39 is 5.60 Å². The summed E-state index contributed by atoms with van der Waals surface area (Å²) in [5, 5.41) is 9.55. The summed E-state index contributed by atoms with van der Waals surface area (Å²) in [5.41, 5.74) is 5.62. The molecule has 0 aliphatic carbocycles. The maximum Gasteiger partial charge on any atom is 0.124 e. The van der Waals surface area contributed by atoms with Gasteiger partial charge in [0.1, 0.15) is 11.6 Å². The first kappa shape index (κ1) is 13.9. The van der Waals surface area contributed by atoms with Gasteiger partial charge in [-0.2, -0.15) is 0 Å². The molecule has 3 N–H and O–H groups in total. The molecule has 0 unspecified atom stereocenters. The Morgan fingerprint density at radius 2 is 2.12 bits per heavy atom. The van der Waals surface area contributed by atoms with E-state index in [1.165, 1.54) is 12.1 Å². The molecule has 0 aliphatic heterocycles. The van der Waals surface area contributed by atoms with Crippen LogP contribution in [0.1, 0.15) is 38.8 Å². The van der Waals surface area contributed by atoms with E-state index in [2.05, 4.69) is 0 Å². The van der Waals surface area contributed by atoms with E-state index in [1.807, 2.05) is 0 Å². The lowest BCUT2D eigenvalue weighted by Gasteiger charge is -2.19. The Bertz CT molecular complexity index is 372. The van der Waals surface area contributed by atoms with Gasteiger partial charge in [-0.25, -0.2) is 4.39 Å². The molecule has 0 aliphatic rings. The Kier molecular flexibility index (Phi) is 4.48. The van der Waals surface area contributed by atoms with Crippen LogP contribution in [0.3, 0.4) is 0 Å². The second kappa shape index (κ2) is 5.47. The zero-order valence-electron chi connectivity index (χ0n) is 10.5. The molecule has 0 saturated carbocycles. The van der Waals surface area contributed by atoms with Crippen molar-refractivity contribution in [2.75, 3.05) is 6.61 Å². The predicted octanol–water partition coefficient (Wildman–Crippen LogP) is 2.39. The number of ether oxygens (including phenoxy) is 1. The summed E-state index contributed by atoms with van der Waals surface area (Å²) in [6.45, 7) is 5.58. The smallest absolute Gasteiger partial charge is 0.124 e. The van der Waals surface area contributed by atoms with E-state index in [-0.39, 0.29) is 11.9 Å². The first-order chi connectivity index (χ1) is 7.79. The molecule has 0 spiro atoms. The quantitative estimate of drug-likeness (QED) is 0.832. The molecular weight excluding hydrogens is 221 g/mol. The van der Waals surface area contributed by atoms with Crippen molar-refractivity contribution >= 4 is 0 Å². The molecule has 0 bridgehead atoms. The van der Waals surface area contributed by atoms with Crippen molar-refractivity contribution in [3.05, 3.63) is 29.6 Å². The lowest BCUT2D eigenvalue weighted by molar-refractivity contribution is 0.0551. The van der Waals surface area contributed by atoms with Gasteiger partial charge in [0, 0.05) is 18.0 Å². The monoisotopic (exact) mass is 241 g/mol.